The van der Waals surface area contributed by atoms with Crippen molar-refractivity contribution in [2.75, 3.05) is 28.5 Å². The number of sulfonamides is 1. The van der Waals surface area contributed by atoms with Crippen LogP contribution in [0.4, 0.5) is 11.4 Å². The van der Waals surface area contributed by atoms with Gasteiger partial charge in [-0.3, -0.25) is 4.72 Å². The molecule has 0 fully saturated rings. The Hall–Kier alpha value is -1.23. The molecule has 1 heterocycles. The summed E-state index contributed by atoms with van der Waals surface area (Å²) >= 11 is 0. The van der Waals surface area contributed by atoms with Crippen molar-refractivity contribution in [1.82, 2.24) is 0 Å². The summed E-state index contributed by atoms with van der Waals surface area (Å²) in [5.41, 5.74) is 1.64. The topological polar surface area (TPSA) is 49.4 Å². The SMILES string of the molecule is CCN1CCS(=O)(=O)Nc2ccccc21. The molecule has 0 aliphatic carbocycles. The van der Waals surface area contributed by atoms with Gasteiger partial charge in [0.05, 0.1) is 17.1 Å². The molecular formula is C10H14N2O2S. The van der Waals surface area contributed by atoms with Gasteiger partial charge >= 0.3 is 0 Å². The number of nitrogens with zero attached hydrogens (tertiary/aromatic N) is 1. The molecule has 0 saturated carbocycles. The van der Waals surface area contributed by atoms with Crippen LogP contribution < -0.4 is 9.62 Å². The molecule has 5 heteroatoms. The van der Waals surface area contributed by atoms with Gasteiger partial charge < -0.3 is 4.90 Å². The summed E-state index contributed by atoms with van der Waals surface area (Å²) in [6.07, 6.45) is 0. The molecule has 0 radical (unpaired) electrons. The number of fused-ring (bicyclic) bond motifs is 1. The highest BCUT2D eigenvalue weighted by Gasteiger charge is 2.21. The van der Waals surface area contributed by atoms with Crippen molar-refractivity contribution in [3.8, 4) is 0 Å². The van der Waals surface area contributed by atoms with Crippen LogP contribution in [0.1, 0.15) is 6.92 Å². The average Bonchev–Trinajstić information content (AvgIpc) is 2.32. The summed E-state index contributed by atoms with van der Waals surface area (Å²) in [4.78, 5) is 2.06. The second kappa shape index (κ2) is 3.73. The third-order valence-corrected chi connectivity index (χ3v) is 3.77. The minimum absolute atomic E-state index is 0.148. The van der Waals surface area contributed by atoms with Crippen molar-refractivity contribution < 1.29 is 8.42 Å². The molecule has 0 aromatic heterocycles. The molecule has 15 heavy (non-hydrogen) atoms. The molecule has 0 atom stereocenters. The van der Waals surface area contributed by atoms with Crippen LogP contribution in [0.15, 0.2) is 24.3 Å². The van der Waals surface area contributed by atoms with Gasteiger partial charge in [0.15, 0.2) is 0 Å². The van der Waals surface area contributed by atoms with E-state index in [0.717, 1.165) is 12.2 Å². The molecule has 0 unspecified atom stereocenters. The van der Waals surface area contributed by atoms with Crippen molar-refractivity contribution >= 4 is 21.4 Å². The predicted octanol–water partition coefficient (Wildman–Crippen LogP) is 1.27. The monoisotopic (exact) mass is 226 g/mol. The summed E-state index contributed by atoms with van der Waals surface area (Å²) in [7, 11) is -3.17. The minimum Gasteiger partial charge on any atom is -0.369 e. The third-order valence-electron chi connectivity index (χ3n) is 2.52. The van der Waals surface area contributed by atoms with Crippen LogP contribution in [-0.4, -0.2) is 27.3 Å². The Morgan fingerprint density at radius 3 is 2.87 bits per heavy atom. The number of rotatable bonds is 1. The van der Waals surface area contributed by atoms with Gasteiger partial charge in [0, 0.05) is 13.1 Å². The number of benzene rings is 1. The number of para-hydroxylation sites is 2. The Morgan fingerprint density at radius 2 is 2.13 bits per heavy atom. The molecule has 0 spiro atoms. The second-order valence-corrected chi connectivity index (χ2v) is 5.36. The highest BCUT2D eigenvalue weighted by molar-refractivity contribution is 7.92. The van der Waals surface area contributed by atoms with E-state index in [1.54, 1.807) is 6.07 Å². The zero-order valence-corrected chi connectivity index (χ0v) is 9.42. The van der Waals surface area contributed by atoms with Crippen LogP contribution >= 0.6 is 0 Å². The Kier molecular flexibility index (Phi) is 2.56. The highest BCUT2D eigenvalue weighted by Crippen LogP contribution is 2.28. The van der Waals surface area contributed by atoms with Gasteiger partial charge in [0.2, 0.25) is 10.0 Å². The fourth-order valence-electron chi connectivity index (χ4n) is 1.73. The molecule has 1 aromatic carbocycles. The van der Waals surface area contributed by atoms with Crippen LogP contribution in [0.25, 0.3) is 0 Å². The standard InChI is InChI=1S/C10H14N2O2S/c1-2-12-7-8-15(13,14)11-9-5-3-4-6-10(9)12/h3-6,11H,2,7-8H2,1H3. The lowest BCUT2D eigenvalue weighted by molar-refractivity contribution is 0.600. The van der Waals surface area contributed by atoms with E-state index < -0.39 is 10.0 Å². The lowest BCUT2D eigenvalue weighted by atomic mass is 10.2. The van der Waals surface area contributed by atoms with E-state index in [-0.39, 0.29) is 5.75 Å². The number of nitrogens with one attached hydrogen (secondary N) is 1. The van der Waals surface area contributed by atoms with E-state index in [9.17, 15) is 8.42 Å². The fourth-order valence-corrected chi connectivity index (χ4v) is 2.80. The summed E-state index contributed by atoms with van der Waals surface area (Å²) < 4.78 is 25.7. The van der Waals surface area contributed by atoms with Gasteiger partial charge in [-0.05, 0) is 19.1 Å². The first-order valence-electron chi connectivity index (χ1n) is 4.97. The predicted molar refractivity (Wildman–Crippen MR) is 61.7 cm³/mol. The molecule has 82 valence electrons. The van der Waals surface area contributed by atoms with E-state index >= 15 is 0 Å². The molecular weight excluding hydrogens is 212 g/mol. The van der Waals surface area contributed by atoms with Crippen molar-refractivity contribution in [2.45, 2.75) is 6.92 Å². The molecule has 1 N–H and O–H groups in total. The molecule has 4 nitrogen and oxygen atoms in total. The average molecular weight is 226 g/mol. The second-order valence-electron chi connectivity index (χ2n) is 3.52. The Labute approximate surface area is 90.0 Å². The summed E-state index contributed by atoms with van der Waals surface area (Å²) in [5, 5.41) is 0. The van der Waals surface area contributed by atoms with Gasteiger partial charge in [-0.25, -0.2) is 8.42 Å². The maximum Gasteiger partial charge on any atom is 0.234 e. The van der Waals surface area contributed by atoms with Crippen LogP contribution in [-0.2, 0) is 10.0 Å². The highest BCUT2D eigenvalue weighted by atomic mass is 32.2. The number of hydrogen-bond acceptors (Lipinski definition) is 3. The molecule has 2 rings (SSSR count). The van der Waals surface area contributed by atoms with Gasteiger partial charge in [-0.2, -0.15) is 0 Å². The molecule has 1 aliphatic rings. The number of hydrogen-bond donors (Lipinski definition) is 1. The van der Waals surface area contributed by atoms with Gasteiger partial charge in [0.25, 0.3) is 0 Å². The van der Waals surface area contributed by atoms with Crippen molar-refractivity contribution in [2.24, 2.45) is 0 Å². The van der Waals surface area contributed by atoms with Crippen LogP contribution in [0.3, 0.4) is 0 Å². The minimum atomic E-state index is -3.17. The molecule has 1 aliphatic heterocycles. The van der Waals surface area contributed by atoms with Crippen molar-refractivity contribution in [3.05, 3.63) is 24.3 Å². The smallest absolute Gasteiger partial charge is 0.234 e. The lowest BCUT2D eigenvalue weighted by Gasteiger charge is -2.21. The van der Waals surface area contributed by atoms with E-state index in [0.29, 0.717) is 12.2 Å². The molecule has 1 aromatic rings. The Morgan fingerprint density at radius 1 is 1.40 bits per heavy atom. The molecule has 0 amide bonds. The maximum absolute atomic E-state index is 11.6. The lowest BCUT2D eigenvalue weighted by Crippen LogP contribution is -2.27. The summed E-state index contributed by atoms with van der Waals surface area (Å²) in [5.74, 6) is 0.148. The van der Waals surface area contributed by atoms with Gasteiger partial charge in [-0.1, -0.05) is 12.1 Å². The first-order chi connectivity index (χ1) is 7.12. The summed E-state index contributed by atoms with van der Waals surface area (Å²) in [6, 6.07) is 7.48. The quantitative estimate of drug-likeness (QED) is 0.784. The van der Waals surface area contributed by atoms with Crippen LogP contribution in [0.2, 0.25) is 0 Å². The Bertz CT molecular complexity index is 456. The zero-order valence-electron chi connectivity index (χ0n) is 8.60. The van der Waals surface area contributed by atoms with E-state index in [4.69, 9.17) is 0 Å². The third kappa shape index (κ3) is 2.07. The van der Waals surface area contributed by atoms with Gasteiger partial charge in [0.1, 0.15) is 0 Å². The normalized spacial score (nSPS) is 18.9. The van der Waals surface area contributed by atoms with Crippen molar-refractivity contribution in [1.29, 1.82) is 0 Å². The van der Waals surface area contributed by atoms with E-state index in [2.05, 4.69) is 9.62 Å². The molecule has 0 saturated heterocycles. The number of anilines is 2. The Balaban J connectivity index is 2.49. The van der Waals surface area contributed by atoms with Gasteiger partial charge in [-0.15, -0.1) is 0 Å². The first kappa shape index (κ1) is 10.3. The zero-order chi connectivity index (χ0) is 10.9. The van der Waals surface area contributed by atoms with E-state index in [1.165, 1.54) is 0 Å². The van der Waals surface area contributed by atoms with E-state index in [1.807, 2.05) is 25.1 Å². The maximum atomic E-state index is 11.6. The van der Waals surface area contributed by atoms with Crippen molar-refractivity contribution in [3.63, 3.8) is 0 Å². The fraction of sp³-hybridized carbons (Fsp3) is 0.400. The largest absolute Gasteiger partial charge is 0.369 e. The van der Waals surface area contributed by atoms with Crippen LogP contribution in [0.5, 0.6) is 0 Å². The summed E-state index contributed by atoms with van der Waals surface area (Å²) in [6.45, 7) is 3.38. The molecule has 0 bridgehead atoms. The first-order valence-corrected chi connectivity index (χ1v) is 6.62. The van der Waals surface area contributed by atoms with Crippen LogP contribution in [0, 0.1) is 0 Å².